The molecule has 0 aliphatic rings. The van der Waals surface area contributed by atoms with E-state index in [1.807, 2.05) is 24.3 Å². The Kier molecular flexibility index (Phi) is 4.25. The highest BCUT2D eigenvalue weighted by atomic mass is 35.5. The molecule has 4 aromatic carbocycles. The van der Waals surface area contributed by atoms with E-state index in [4.69, 9.17) is 23.2 Å². The molecule has 4 rings (SSSR count). The predicted octanol–water partition coefficient (Wildman–Crippen LogP) is 7.79. The van der Waals surface area contributed by atoms with Crippen LogP contribution in [0.3, 0.4) is 0 Å². The van der Waals surface area contributed by atoms with Gasteiger partial charge >= 0.3 is 0 Å². The molecule has 0 spiro atoms. The molecule has 25 heavy (non-hydrogen) atoms. The Labute approximate surface area is 157 Å². The van der Waals surface area contributed by atoms with Crippen LogP contribution in [0.1, 0.15) is 5.56 Å². The highest BCUT2D eigenvalue weighted by molar-refractivity contribution is 6.31. The topological polar surface area (TPSA) is 0 Å². The van der Waals surface area contributed by atoms with Crippen molar-refractivity contribution in [1.29, 1.82) is 0 Å². The molecule has 0 aliphatic carbocycles. The molecule has 0 nitrogen and oxygen atoms in total. The molecule has 0 aliphatic heterocycles. The van der Waals surface area contributed by atoms with Crippen molar-refractivity contribution >= 4 is 34.0 Å². The first-order chi connectivity index (χ1) is 12.1. The molecule has 0 saturated carbocycles. The third-order valence-electron chi connectivity index (χ3n) is 4.51. The number of aryl methyl sites for hydroxylation is 1. The van der Waals surface area contributed by atoms with Crippen molar-refractivity contribution in [3.63, 3.8) is 0 Å². The van der Waals surface area contributed by atoms with Crippen LogP contribution in [0.25, 0.3) is 33.0 Å². The van der Waals surface area contributed by atoms with E-state index in [2.05, 4.69) is 61.5 Å². The van der Waals surface area contributed by atoms with Gasteiger partial charge in [0.05, 0.1) is 0 Å². The van der Waals surface area contributed by atoms with Gasteiger partial charge in [-0.3, -0.25) is 0 Å². The maximum atomic E-state index is 6.11. The summed E-state index contributed by atoms with van der Waals surface area (Å²) in [5.41, 5.74) is 6.03. The minimum Gasteiger partial charge on any atom is -0.0843 e. The van der Waals surface area contributed by atoms with Crippen molar-refractivity contribution in [2.24, 2.45) is 0 Å². The van der Waals surface area contributed by atoms with Gasteiger partial charge in [0.1, 0.15) is 0 Å². The van der Waals surface area contributed by atoms with Crippen molar-refractivity contribution in [2.75, 3.05) is 0 Å². The van der Waals surface area contributed by atoms with Crippen LogP contribution in [0.2, 0.25) is 10.0 Å². The maximum absolute atomic E-state index is 6.11. The lowest BCUT2D eigenvalue weighted by atomic mass is 9.87. The van der Waals surface area contributed by atoms with Crippen LogP contribution in [-0.2, 0) is 0 Å². The Hall–Kier alpha value is -2.28. The van der Waals surface area contributed by atoms with E-state index in [-0.39, 0.29) is 0 Å². The molecule has 0 aromatic heterocycles. The van der Waals surface area contributed by atoms with Gasteiger partial charge in [0.15, 0.2) is 0 Å². The molecule has 0 atom stereocenters. The van der Waals surface area contributed by atoms with Gasteiger partial charge in [-0.1, -0.05) is 77.8 Å². The lowest BCUT2D eigenvalue weighted by Crippen LogP contribution is -1.92. The first-order valence-electron chi connectivity index (χ1n) is 8.18. The lowest BCUT2D eigenvalue weighted by molar-refractivity contribution is 1.48. The van der Waals surface area contributed by atoms with Gasteiger partial charge in [-0.25, -0.2) is 0 Å². The quantitative estimate of drug-likeness (QED) is 0.341. The van der Waals surface area contributed by atoms with E-state index < -0.39 is 0 Å². The van der Waals surface area contributed by atoms with Gasteiger partial charge in [-0.2, -0.15) is 0 Å². The van der Waals surface area contributed by atoms with E-state index in [0.29, 0.717) is 0 Å². The molecular weight excluding hydrogens is 347 g/mol. The lowest BCUT2D eigenvalue weighted by Gasteiger charge is -2.17. The zero-order valence-electron chi connectivity index (χ0n) is 13.8. The number of halogens is 2. The van der Waals surface area contributed by atoms with Crippen LogP contribution in [0.5, 0.6) is 0 Å². The Balaban J connectivity index is 2.10. The van der Waals surface area contributed by atoms with Gasteiger partial charge in [0.25, 0.3) is 0 Å². The third-order valence-corrected chi connectivity index (χ3v) is 5.02. The standard InChI is InChI=1S/C23H16Cl2/c1-15-14-18-4-2-3-5-21(18)23(17-8-12-20(25)13-9-17)22(15)16-6-10-19(24)11-7-16/h2-14H,1H3. The molecule has 0 bridgehead atoms. The van der Waals surface area contributed by atoms with E-state index >= 15 is 0 Å². The van der Waals surface area contributed by atoms with Crippen LogP contribution >= 0.6 is 23.2 Å². The molecule has 0 fully saturated rings. The van der Waals surface area contributed by atoms with Crippen molar-refractivity contribution < 1.29 is 0 Å². The summed E-state index contributed by atoms with van der Waals surface area (Å²) in [7, 11) is 0. The fourth-order valence-electron chi connectivity index (χ4n) is 3.39. The smallest absolute Gasteiger partial charge is 0.0406 e. The highest BCUT2D eigenvalue weighted by Gasteiger charge is 2.14. The molecule has 4 aromatic rings. The molecule has 122 valence electrons. The van der Waals surface area contributed by atoms with Crippen molar-refractivity contribution in [1.82, 2.24) is 0 Å². The number of rotatable bonds is 2. The summed E-state index contributed by atoms with van der Waals surface area (Å²) in [4.78, 5) is 0. The average molecular weight is 363 g/mol. The summed E-state index contributed by atoms with van der Waals surface area (Å²) in [6.07, 6.45) is 0. The fraction of sp³-hybridized carbons (Fsp3) is 0.0435. The van der Waals surface area contributed by atoms with Crippen LogP contribution in [-0.4, -0.2) is 0 Å². The molecule has 0 amide bonds. The zero-order valence-corrected chi connectivity index (χ0v) is 15.3. The Morgan fingerprint density at radius 3 is 1.72 bits per heavy atom. The minimum atomic E-state index is 0.744. The van der Waals surface area contributed by atoms with Crippen molar-refractivity contribution in [3.8, 4) is 22.3 Å². The predicted molar refractivity (Wildman–Crippen MR) is 110 cm³/mol. The van der Waals surface area contributed by atoms with E-state index in [1.54, 1.807) is 0 Å². The van der Waals surface area contributed by atoms with Crippen LogP contribution < -0.4 is 0 Å². The number of hydrogen-bond acceptors (Lipinski definition) is 0. The van der Waals surface area contributed by atoms with Gasteiger partial charge in [-0.15, -0.1) is 0 Å². The largest absolute Gasteiger partial charge is 0.0843 e. The summed E-state index contributed by atoms with van der Waals surface area (Å²) >= 11 is 12.2. The number of hydrogen-bond donors (Lipinski definition) is 0. The Morgan fingerprint density at radius 2 is 1.12 bits per heavy atom. The second-order valence-electron chi connectivity index (χ2n) is 6.18. The average Bonchev–Trinajstić information content (AvgIpc) is 2.62. The second kappa shape index (κ2) is 6.55. The molecule has 2 heteroatoms. The Bertz CT molecular complexity index is 1050. The maximum Gasteiger partial charge on any atom is 0.0406 e. The monoisotopic (exact) mass is 362 g/mol. The zero-order chi connectivity index (χ0) is 17.4. The van der Waals surface area contributed by atoms with Gasteiger partial charge in [-0.05, 0) is 69.8 Å². The molecule has 0 N–H and O–H groups in total. The minimum absolute atomic E-state index is 0.744. The van der Waals surface area contributed by atoms with Crippen molar-refractivity contribution in [2.45, 2.75) is 6.92 Å². The summed E-state index contributed by atoms with van der Waals surface area (Å²) in [5.74, 6) is 0. The van der Waals surface area contributed by atoms with E-state index in [1.165, 1.54) is 27.5 Å². The summed E-state index contributed by atoms with van der Waals surface area (Å²) in [6.45, 7) is 2.16. The van der Waals surface area contributed by atoms with Gasteiger partial charge in [0, 0.05) is 10.0 Å². The highest BCUT2D eigenvalue weighted by Crippen LogP contribution is 2.41. The third kappa shape index (κ3) is 3.04. The molecule has 0 heterocycles. The van der Waals surface area contributed by atoms with Crippen molar-refractivity contribution in [3.05, 3.63) is 94.5 Å². The number of benzene rings is 4. The first kappa shape index (κ1) is 16.2. The fourth-order valence-corrected chi connectivity index (χ4v) is 3.64. The van der Waals surface area contributed by atoms with Crippen LogP contribution in [0.15, 0.2) is 78.9 Å². The Morgan fingerprint density at radius 1 is 0.600 bits per heavy atom. The summed E-state index contributed by atoms with van der Waals surface area (Å²) < 4.78 is 0. The summed E-state index contributed by atoms with van der Waals surface area (Å²) in [6, 6.07) is 26.9. The summed E-state index contributed by atoms with van der Waals surface area (Å²) in [5, 5.41) is 3.96. The molecule has 0 saturated heterocycles. The molecule has 0 unspecified atom stereocenters. The molecule has 0 radical (unpaired) electrons. The van der Waals surface area contributed by atoms with Gasteiger partial charge in [0.2, 0.25) is 0 Å². The van der Waals surface area contributed by atoms with E-state index in [0.717, 1.165) is 21.2 Å². The van der Waals surface area contributed by atoms with Crippen LogP contribution in [0, 0.1) is 6.92 Å². The van der Waals surface area contributed by atoms with E-state index in [9.17, 15) is 0 Å². The second-order valence-corrected chi connectivity index (χ2v) is 7.05. The molecular formula is C23H16Cl2. The van der Waals surface area contributed by atoms with Gasteiger partial charge < -0.3 is 0 Å². The first-order valence-corrected chi connectivity index (χ1v) is 8.93. The van der Waals surface area contributed by atoms with Crippen LogP contribution in [0.4, 0.5) is 0 Å². The SMILES string of the molecule is Cc1cc2ccccc2c(-c2ccc(Cl)cc2)c1-c1ccc(Cl)cc1. The number of fused-ring (bicyclic) bond motifs is 1. The normalized spacial score (nSPS) is 11.0.